The van der Waals surface area contributed by atoms with Crippen molar-refractivity contribution in [1.29, 1.82) is 0 Å². The van der Waals surface area contributed by atoms with Crippen LogP contribution in [0.15, 0.2) is 58.1 Å². The first-order chi connectivity index (χ1) is 13.0. The molecule has 2 rings (SSSR count). The van der Waals surface area contributed by atoms with Crippen LogP contribution in [-0.2, 0) is 21.0 Å². The number of hydrogen-bond donors (Lipinski definition) is 1. The Labute approximate surface area is 168 Å². The van der Waals surface area contributed by atoms with Crippen molar-refractivity contribution in [2.45, 2.75) is 6.18 Å². The lowest BCUT2D eigenvalue weighted by molar-refractivity contribution is -0.137. The van der Waals surface area contributed by atoms with Crippen LogP contribution in [-0.4, -0.2) is 33.3 Å². The van der Waals surface area contributed by atoms with Crippen molar-refractivity contribution < 1.29 is 26.4 Å². The smallest absolute Gasteiger partial charge is 0.271 e. The number of halogens is 4. The lowest BCUT2D eigenvalue weighted by Crippen LogP contribution is -2.39. The van der Waals surface area contributed by atoms with Crippen LogP contribution in [0.1, 0.15) is 11.1 Å². The molecule has 6 nitrogen and oxygen atoms in total. The number of benzene rings is 2. The summed E-state index contributed by atoms with van der Waals surface area (Å²) < 4.78 is 63.5. The number of nitrogens with one attached hydrogen (secondary N) is 1. The molecular weight excluding hydrogens is 463 g/mol. The summed E-state index contributed by atoms with van der Waals surface area (Å²) in [6.45, 7) is -0.546. The normalized spacial score (nSPS) is 12.2. The molecule has 0 aliphatic heterocycles. The second-order valence-corrected chi connectivity index (χ2v) is 8.49. The molecule has 0 aliphatic rings. The fraction of sp³-hybridized carbons (Fsp3) is 0.176. The Balaban J connectivity index is 2.09. The quantitative estimate of drug-likeness (QED) is 0.511. The van der Waals surface area contributed by atoms with E-state index in [0.29, 0.717) is 4.47 Å². The van der Waals surface area contributed by atoms with Crippen molar-refractivity contribution in [1.82, 2.24) is 5.43 Å². The van der Waals surface area contributed by atoms with Gasteiger partial charge in [0.2, 0.25) is 10.0 Å². The molecule has 0 heterocycles. The molecule has 1 amide bonds. The molecule has 2 aromatic rings. The minimum Gasteiger partial charge on any atom is -0.271 e. The molecule has 0 spiro atoms. The van der Waals surface area contributed by atoms with E-state index in [0.717, 1.165) is 28.9 Å². The molecule has 1 N–H and O–H groups in total. The molecule has 0 saturated carbocycles. The van der Waals surface area contributed by atoms with Crippen LogP contribution < -0.4 is 9.73 Å². The highest BCUT2D eigenvalue weighted by molar-refractivity contribution is 9.10. The number of hydrogen-bond acceptors (Lipinski definition) is 4. The van der Waals surface area contributed by atoms with Gasteiger partial charge in [-0.25, -0.2) is 13.8 Å². The zero-order valence-corrected chi connectivity index (χ0v) is 16.8. The molecule has 11 heteroatoms. The molecular formula is C17H15BrF3N3O3S. The summed E-state index contributed by atoms with van der Waals surface area (Å²) in [7, 11) is -3.75. The molecule has 150 valence electrons. The molecule has 0 aliphatic carbocycles. The Kier molecular flexibility index (Phi) is 6.83. The fourth-order valence-corrected chi connectivity index (χ4v) is 3.41. The van der Waals surface area contributed by atoms with Gasteiger partial charge < -0.3 is 0 Å². The number of anilines is 1. The summed E-state index contributed by atoms with van der Waals surface area (Å²) in [5.41, 5.74) is 1.66. The highest BCUT2D eigenvalue weighted by atomic mass is 79.9. The van der Waals surface area contributed by atoms with E-state index in [1.54, 1.807) is 12.1 Å². The van der Waals surface area contributed by atoms with Gasteiger partial charge in [-0.05, 0) is 35.9 Å². The second-order valence-electron chi connectivity index (χ2n) is 5.67. The van der Waals surface area contributed by atoms with E-state index < -0.39 is 34.2 Å². The minimum atomic E-state index is -4.49. The minimum absolute atomic E-state index is 0.127. The van der Waals surface area contributed by atoms with E-state index in [9.17, 15) is 26.4 Å². The summed E-state index contributed by atoms with van der Waals surface area (Å²) >= 11 is 3.23. The standard InChI is InChI=1S/C17H15BrF3N3O3S/c1-28(26,27)24(15-7-3-6-14(18)9-15)11-16(25)23-22-10-12-4-2-5-13(8-12)17(19,20)21/h2-10H,11H2,1H3,(H,23,25)/b22-10-. The number of alkyl halides is 3. The first kappa shape index (κ1) is 21.9. The Morgan fingerprint density at radius 2 is 1.89 bits per heavy atom. The number of carbonyl (C=O) groups excluding carboxylic acids is 1. The topological polar surface area (TPSA) is 78.8 Å². The first-order valence-electron chi connectivity index (χ1n) is 7.69. The van der Waals surface area contributed by atoms with Crippen LogP contribution in [0.25, 0.3) is 0 Å². The van der Waals surface area contributed by atoms with Crippen molar-refractivity contribution in [3.8, 4) is 0 Å². The predicted octanol–water partition coefficient (Wildman–Crippen LogP) is 3.38. The number of nitrogens with zero attached hydrogens (tertiary/aromatic N) is 2. The van der Waals surface area contributed by atoms with Crippen LogP contribution in [0.5, 0.6) is 0 Å². The third kappa shape index (κ3) is 6.34. The molecule has 0 radical (unpaired) electrons. The highest BCUT2D eigenvalue weighted by Gasteiger charge is 2.30. The molecule has 28 heavy (non-hydrogen) atoms. The Morgan fingerprint density at radius 3 is 2.50 bits per heavy atom. The van der Waals surface area contributed by atoms with E-state index >= 15 is 0 Å². The van der Waals surface area contributed by atoms with Crippen molar-refractivity contribution in [2.75, 3.05) is 17.1 Å². The number of amides is 1. The van der Waals surface area contributed by atoms with Gasteiger partial charge in [-0.3, -0.25) is 9.10 Å². The number of rotatable bonds is 6. The summed E-state index contributed by atoms with van der Waals surface area (Å²) in [6.07, 6.45) is -2.50. The Bertz CT molecular complexity index is 994. The summed E-state index contributed by atoms with van der Waals surface area (Å²) in [5.74, 6) is -0.756. The van der Waals surface area contributed by atoms with Gasteiger partial charge in [-0.1, -0.05) is 34.1 Å². The average Bonchev–Trinajstić information content (AvgIpc) is 2.58. The molecule has 0 bridgehead atoms. The van der Waals surface area contributed by atoms with E-state index in [4.69, 9.17) is 0 Å². The predicted molar refractivity (Wildman–Crippen MR) is 104 cm³/mol. The molecule has 0 fully saturated rings. The third-order valence-electron chi connectivity index (χ3n) is 3.40. The van der Waals surface area contributed by atoms with Crippen LogP contribution in [0, 0.1) is 0 Å². The van der Waals surface area contributed by atoms with Gasteiger partial charge in [0.15, 0.2) is 0 Å². The monoisotopic (exact) mass is 477 g/mol. The van der Waals surface area contributed by atoms with E-state index in [-0.39, 0.29) is 11.3 Å². The summed E-state index contributed by atoms with van der Waals surface area (Å²) in [5, 5.41) is 3.59. The van der Waals surface area contributed by atoms with E-state index in [1.165, 1.54) is 24.3 Å². The Hall–Kier alpha value is -2.40. The van der Waals surface area contributed by atoms with Gasteiger partial charge in [0, 0.05) is 4.47 Å². The van der Waals surface area contributed by atoms with Crippen LogP contribution >= 0.6 is 15.9 Å². The molecule has 0 saturated heterocycles. The third-order valence-corrected chi connectivity index (χ3v) is 5.03. The summed E-state index contributed by atoms with van der Waals surface area (Å²) in [6, 6.07) is 10.7. The summed E-state index contributed by atoms with van der Waals surface area (Å²) in [4.78, 5) is 12.1. The SMILES string of the molecule is CS(=O)(=O)N(CC(=O)N/N=C\c1cccc(C(F)(F)F)c1)c1cccc(Br)c1. The number of carbonyl (C=O) groups is 1. The Morgan fingerprint density at radius 1 is 1.21 bits per heavy atom. The fourth-order valence-electron chi connectivity index (χ4n) is 2.17. The van der Waals surface area contributed by atoms with Gasteiger partial charge >= 0.3 is 6.18 Å². The van der Waals surface area contributed by atoms with E-state index in [2.05, 4.69) is 26.5 Å². The molecule has 0 unspecified atom stereocenters. The maximum absolute atomic E-state index is 12.7. The lowest BCUT2D eigenvalue weighted by Gasteiger charge is -2.21. The molecule has 2 aromatic carbocycles. The van der Waals surface area contributed by atoms with Crippen molar-refractivity contribution >= 4 is 43.8 Å². The number of sulfonamides is 1. The van der Waals surface area contributed by atoms with Crippen molar-refractivity contribution in [3.05, 3.63) is 64.1 Å². The van der Waals surface area contributed by atoms with Crippen molar-refractivity contribution in [2.24, 2.45) is 5.10 Å². The second kappa shape index (κ2) is 8.74. The van der Waals surface area contributed by atoms with Crippen LogP contribution in [0.2, 0.25) is 0 Å². The van der Waals surface area contributed by atoms with Gasteiger partial charge in [-0.15, -0.1) is 0 Å². The largest absolute Gasteiger partial charge is 0.416 e. The molecule has 0 aromatic heterocycles. The van der Waals surface area contributed by atoms with Gasteiger partial charge in [-0.2, -0.15) is 18.3 Å². The van der Waals surface area contributed by atoms with Crippen molar-refractivity contribution in [3.63, 3.8) is 0 Å². The van der Waals surface area contributed by atoms with Crippen LogP contribution in [0.4, 0.5) is 18.9 Å². The maximum atomic E-state index is 12.7. The lowest BCUT2D eigenvalue weighted by atomic mass is 10.1. The van der Waals surface area contributed by atoms with Gasteiger partial charge in [0.05, 0.1) is 23.7 Å². The highest BCUT2D eigenvalue weighted by Crippen LogP contribution is 2.29. The maximum Gasteiger partial charge on any atom is 0.416 e. The van der Waals surface area contributed by atoms with Gasteiger partial charge in [0.25, 0.3) is 5.91 Å². The molecule has 0 atom stereocenters. The zero-order chi connectivity index (χ0) is 20.9. The van der Waals surface area contributed by atoms with Crippen LogP contribution in [0.3, 0.4) is 0 Å². The van der Waals surface area contributed by atoms with E-state index in [1.807, 2.05) is 0 Å². The zero-order valence-electron chi connectivity index (χ0n) is 14.4. The average molecular weight is 478 g/mol. The number of hydrazone groups is 1. The van der Waals surface area contributed by atoms with Gasteiger partial charge in [0.1, 0.15) is 6.54 Å². The first-order valence-corrected chi connectivity index (χ1v) is 10.3.